The zero-order chi connectivity index (χ0) is 17.3. The molecule has 1 aromatic rings. The summed E-state index contributed by atoms with van der Waals surface area (Å²) in [5.41, 5.74) is 1.97. The lowest BCUT2D eigenvalue weighted by molar-refractivity contribution is -0.134. The molecule has 2 aliphatic heterocycles. The van der Waals surface area contributed by atoms with Crippen LogP contribution in [0.15, 0.2) is 22.7 Å². The monoisotopic (exact) mass is 393 g/mol. The SMILES string of the molecule is CNCC1CCN(C(=O)C2CC(=O)N(c3ccc(Br)c(C)c3)C2)C1. The maximum absolute atomic E-state index is 12.8. The van der Waals surface area contributed by atoms with Crippen LogP contribution in [0.3, 0.4) is 0 Å². The summed E-state index contributed by atoms with van der Waals surface area (Å²) in [5.74, 6) is 0.496. The summed E-state index contributed by atoms with van der Waals surface area (Å²) in [5, 5.41) is 3.18. The number of hydrogen-bond acceptors (Lipinski definition) is 3. The van der Waals surface area contributed by atoms with Crippen LogP contribution in [0.1, 0.15) is 18.4 Å². The van der Waals surface area contributed by atoms with Crippen molar-refractivity contribution >= 4 is 33.4 Å². The molecule has 2 amide bonds. The molecule has 0 aliphatic carbocycles. The number of hydrogen-bond donors (Lipinski definition) is 1. The molecule has 1 N–H and O–H groups in total. The lowest BCUT2D eigenvalue weighted by atomic mass is 10.1. The van der Waals surface area contributed by atoms with Gasteiger partial charge in [-0.25, -0.2) is 0 Å². The molecule has 0 aromatic heterocycles. The van der Waals surface area contributed by atoms with Crippen molar-refractivity contribution < 1.29 is 9.59 Å². The first-order chi connectivity index (χ1) is 11.5. The molecule has 0 bridgehead atoms. The van der Waals surface area contributed by atoms with Crippen LogP contribution >= 0.6 is 15.9 Å². The van der Waals surface area contributed by atoms with E-state index in [4.69, 9.17) is 0 Å². The summed E-state index contributed by atoms with van der Waals surface area (Å²) < 4.78 is 1.03. The minimum atomic E-state index is -0.213. The van der Waals surface area contributed by atoms with E-state index in [2.05, 4.69) is 21.2 Å². The van der Waals surface area contributed by atoms with E-state index in [0.717, 1.165) is 41.8 Å². The number of anilines is 1. The van der Waals surface area contributed by atoms with Crippen molar-refractivity contribution in [1.82, 2.24) is 10.2 Å². The van der Waals surface area contributed by atoms with Gasteiger partial charge in [-0.2, -0.15) is 0 Å². The number of rotatable bonds is 4. The van der Waals surface area contributed by atoms with Crippen LogP contribution in [0, 0.1) is 18.8 Å². The normalized spacial score (nSPS) is 24.0. The van der Waals surface area contributed by atoms with Crippen molar-refractivity contribution in [3.63, 3.8) is 0 Å². The van der Waals surface area contributed by atoms with Gasteiger partial charge < -0.3 is 15.1 Å². The molecule has 2 aliphatic rings. The van der Waals surface area contributed by atoms with Gasteiger partial charge in [0.25, 0.3) is 0 Å². The van der Waals surface area contributed by atoms with Gasteiger partial charge in [0.15, 0.2) is 0 Å². The van der Waals surface area contributed by atoms with Crippen LogP contribution in [0.25, 0.3) is 0 Å². The molecule has 3 rings (SSSR count). The predicted octanol–water partition coefficient (Wildman–Crippen LogP) is 2.18. The molecule has 24 heavy (non-hydrogen) atoms. The Morgan fingerprint density at radius 1 is 1.38 bits per heavy atom. The van der Waals surface area contributed by atoms with E-state index in [0.29, 0.717) is 18.9 Å². The van der Waals surface area contributed by atoms with Crippen LogP contribution in [0.2, 0.25) is 0 Å². The molecule has 0 saturated carbocycles. The van der Waals surface area contributed by atoms with E-state index in [-0.39, 0.29) is 17.7 Å². The topological polar surface area (TPSA) is 52.7 Å². The molecule has 2 heterocycles. The van der Waals surface area contributed by atoms with Crippen molar-refractivity contribution in [1.29, 1.82) is 0 Å². The highest BCUT2D eigenvalue weighted by molar-refractivity contribution is 9.10. The minimum Gasteiger partial charge on any atom is -0.342 e. The second-order valence-corrected chi connectivity index (χ2v) is 7.69. The fraction of sp³-hybridized carbons (Fsp3) is 0.556. The number of nitrogens with one attached hydrogen (secondary N) is 1. The van der Waals surface area contributed by atoms with Gasteiger partial charge in [-0.1, -0.05) is 15.9 Å². The van der Waals surface area contributed by atoms with E-state index in [1.54, 1.807) is 4.90 Å². The Morgan fingerprint density at radius 2 is 2.17 bits per heavy atom. The molecule has 130 valence electrons. The number of halogens is 1. The van der Waals surface area contributed by atoms with Gasteiger partial charge in [0, 0.05) is 36.2 Å². The van der Waals surface area contributed by atoms with E-state index < -0.39 is 0 Å². The Labute approximate surface area is 151 Å². The number of nitrogens with zero attached hydrogens (tertiary/aromatic N) is 2. The summed E-state index contributed by atoms with van der Waals surface area (Å²) in [4.78, 5) is 28.9. The molecule has 2 unspecified atom stereocenters. The van der Waals surface area contributed by atoms with Gasteiger partial charge in [-0.05, 0) is 56.6 Å². The largest absolute Gasteiger partial charge is 0.342 e. The number of aryl methyl sites for hydroxylation is 1. The number of carbonyl (C=O) groups excluding carboxylic acids is 2. The summed E-state index contributed by atoms with van der Waals surface area (Å²) >= 11 is 3.48. The highest BCUT2D eigenvalue weighted by Gasteiger charge is 2.39. The van der Waals surface area contributed by atoms with Gasteiger partial charge >= 0.3 is 0 Å². The molecule has 6 heteroatoms. The first-order valence-corrected chi connectivity index (χ1v) is 9.28. The highest BCUT2D eigenvalue weighted by atomic mass is 79.9. The molecule has 0 radical (unpaired) electrons. The van der Waals surface area contributed by atoms with Crippen LogP contribution in [-0.4, -0.2) is 49.9 Å². The van der Waals surface area contributed by atoms with Gasteiger partial charge in [0.2, 0.25) is 11.8 Å². The van der Waals surface area contributed by atoms with Crippen LogP contribution < -0.4 is 10.2 Å². The summed E-state index contributed by atoms with van der Waals surface area (Å²) in [7, 11) is 1.94. The van der Waals surface area contributed by atoms with Crippen LogP contribution in [-0.2, 0) is 9.59 Å². The molecular formula is C18H24BrN3O2. The highest BCUT2D eigenvalue weighted by Crippen LogP contribution is 2.30. The minimum absolute atomic E-state index is 0.0426. The number of likely N-dealkylation sites (tertiary alicyclic amines) is 1. The lowest BCUT2D eigenvalue weighted by Crippen LogP contribution is -2.36. The molecular weight excluding hydrogens is 370 g/mol. The van der Waals surface area contributed by atoms with Crippen LogP contribution in [0.4, 0.5) is 5.69 Å². The first kappa shape index (κ1) is 17.4. The average molecular weight is 394 g/mol. The third kappa shape index (κ3) is 3.49. The molecule has 1 aromatic carbocycles. The molecule has 2 saturated heterocycles. The van der Waals surface area contributed by atoms with E-state index in [1.807, 2.05) is 37.1 Å². The molecule has 2 atom stereocenters. The maximum atomic E-state index is 12.8. The fourth-order valence-corrected chi connectivity index (χ4v) is 3.91. The Hall–Kier alpha value is -1.40. The van der Waals surface area contributed by atoms with E-state index >= 15 is 0 Å². The molecule has 5 nitrogen and oxygen atoms in total. The first-order valence-electron chi connectivity index (χ1n) is 8.49. The van der Waals surface area contributed by atoms with Crippen molar-refractivity contribution in [3.05, 3.63) is 28.2 Å². The Balaban J connectivity index is 1.66. The predicted molar refractivity (Wildman–Crippen MR) is 98.0 cm³/mol. The zero-order valence-electron chi connectivity index (χ0n) is 14.2. The second-order valence-electron chi connectivity index (χ2n) is 6.84. The summed E-state index contributed by atoms with van der Waals surface area (Å²) in [6.45, 7) is 5.06. The number of carbonyl (C=O) groups is 2. The van der Waals surface area contributed by atoms with Crippen molar-refractivity contribution in [2.24, 2.45) is 11.8 Å². The standard InChI is InChI=1S/C18H24BrN3O2/c1-12-7-15(3-4-16(12)19)22-11-14(8-17(22)23)18(24)21-6-5-13(10-21)9-20-2/h3-4,7,13-14,20H,5-6,8-11H2,1-2H3. The third-order valence-electron chi connectivity index (χ3n) is 5.02. The van der Waals surface area contributed by atoms with Crippen LogP contribution in [0.5, 0.6) is 0 Å². The Kier molecular flexibility index (Phi) is 5.25. The maximum Gasteiger partial charge on any atom is 0.228 e. The van der Waals surface area contributed by atoms with Gasteiger partial charge in [0.05, 0.1) is 5.92 Å². The quantitative estimate of drug-likeness (QED) is 0.852. The van der Waals surface area contributed by atoms with E-state index in [1.165, 1.54) is 0 Å². The van der Waals surface area contributed by atoms with Crippen molar-refractivity contribution in [2.45, 2.75) is 19.8 Å². The van der Waals surface area contributed by atoms with Gasteiger partial charge in [-0.15, -0.1) is 0 Å². The Bertz CT molecular complexity index is 649. The van der Waals surface area contributed by atoms with Crippen molar-refractivity contribution in [2.75, 3.05) is 38.1 Å². The average Bonchev–Trinajstić information content (AvgIpc) is 3.17. The Morgan fingerprint density at radius 3 is 2.88 bits per heavy atom. The van der Waals surface area contributed by atoms with Gasteiger partial charge in [-0.3, -0.25) is 9.59 Å². The fourth-order valence-electron chi connectivity index (χ4n) is 3.67. The molecule has 2 fully saturated rings. The summed E-state index contributed by atoms with van der Waals surface area (Å²) in [6, 6.07) is 5.88. The lowest BCUT2D eigenvalue weighted by Gasteiger charge is -2.21. The molecule has 0 spiro atoms. The zero-order valence-corrected chi connectivity index (χ0v) is 15.8. The van der Waals surface area contributed by atoms with Gasteiger partial charge in [0.1, 0.15) is 0 Å². The smallest absolute Gasteiger partial charge is 0.228 e. The van der Waals surface area contributed by atoms with E-state index in [9.17, 15) is 9.59 Å². The number of benzene rings is 1. The number of amides is 2. The second kappa shape index (κ2) is 7.23. The third-order valence-corrected chi connectivity index (χ3v) is 5.91. The van der Waals surface area contributed by atoms with Crippen molar-refractivity contribution in [3.8, 4) is 0 Å². The summed E-state index contributed by atoms with van der Waals surface area (Å²) in [6.07, 6.45) is 1.37.